The van der Waals surface area contributed by atoms with Crippen LogP contribution in [0, 0.1) is 0 Å². The maximum atomic E-state index is 11.6. The van der Waals surface area contributed by atoms with Gasteiger partial charge in [-0.3, -0.25) is 4.79 Å². The summed E-state index contributed by atoms with van der Waals surface area (Å²) >= 11 is 0. The van der Waals surface area contributed by atoms with Crippen LogP contribution in [0.25, 0.3) is 0 Å². The average molecular weight is 296 g/mol. The van der Waals surface area contributed by atoms with Gasteiger partial charge in [0, 0.05) is 19.1 Å². The monoisotopic (exact) mass is 296 g/mol. The number of hydrogen-bond acceptors (Lipinski definition) is 5. The minimum Gasteiger partial charge on any atom is -0.480 e. The van der Waals surface area contributed by atoms with E-state index in [2.05, 4.69) is 32.9 Å². The summed E-state index contributed by atoms with van der Waals surface area (Å²) in [6.45, 7) is 1.38. The molecule has 9 heteroatoms. The van der Waals surface area contributed by atoms with Crippen LogP contribution in [0.4, 0.5) is 4.79 Å². The number of aromatic nitrogens is 3. The van der Waals surface area contributed by atoms with Gasteiger partial charge >= 0.3 is 12.0 Å². The fraction of sp³-hybridized carbons (Fsp3) is 0.667. The molecule has 0 radical (unpaired) electrons. The molecule has 0 aromatic carbocycles. The van der Waals surface area contributed by atoms with Crippen molar-refractivity contribution in [3.8, 4) is 0 Å². The van der Waals surface area contributed by atoms with E-state index in [1.54, 1.807) is 0 Å². The van der Waals surface area contributed by atoms with Gasteiger partial charge in [-0.2, -0.15) is 0 Å². The smallest absolute Gasteiger partial charge is 0.325 e. The van der Waals surface area contributed by atoms with Crippen molar-refractivity contribution < 1.29 is 14.7 Å². The fourth-order valence-electron chi connectivity index (χ4n) is 1.91. The van der Waals surface area contributed by atoms with E-state index in [1.807, 2.05) is 0 Å². The molecular formula is C12H20N6O3. The lowest BCUT2D eigenvalue weighted by atomic mass is 10.4. The summed E-state index contributed by atoms with van der Waals surface area (Å²) in [6, 6.07) is 0.408. The Morgan fingerprint density at radius 3 is 2.90 bits per heavy atom. The highest BCUT2D eigenvalue weighted by Gasteiger charge is 2.25. The van der Waals surface area contributed by atoms with Gasteiger partial charge in [-0.25, -0.2) is 9.48 Å². The van der Waals surface area contributed by atoms with Crippen LogP contribution in [0.15, 0.2) is 6.20 Å². The Morgan fingerprint density at radius 1 is 1.48 bits per heavy atom. The van der Waals surface area contributed by atoms with E-state index in [1.165, 1.54) is 23.7 Å². The maximum absolute atomic E-state index is 11.6. The standard InChI is InChI=1S/C12H20N6O3/c1-17(10-2-3-10)5-4-13-12(21)14-6-9-7-18(16-15-9)8-11(19)20/h7,10H,2-6,8H2,1H3,(H,19,20)(H2,13,14,21). The Hall–Kier alpha value is -2.16. The number of likely N-dealkylation sites (N-methyl/N-ethyl adjacent to an activating group) is 1. The first-order valence-corrected chi connectivity index (χ1v) is 6.87. The van der Waals surface area contributed by atoms with Crippen LogP contribution in [0.3, 0.4) is 0 Å². The molecule has 9 nitrogen and oxygen atoms in total. The zero-order chi connectivity index (χ0) is 15.2. The molecule has 116 valence electrons. The molecule has 2 rings (SSSR count). The number of carboxylic acid groups (broad SMARTS) is 1. The molecule has 1 fully saturated rings. The molecule has 0 unspecified atom stereocenters. The number of nitrogens with zero attached hydrogens (tertiary/aromatic N) is 4. The van der Waals surface area contributed by atoms with Crippen molar-refractivity contribution in [2.24, 2.45) is 0 Å². The maximum Gasteiger partial charge on any atom is 0.325 e. The summed E-state index contributed by atoms with van der Waals surface area (Å²) in [5.74, 6) is -0.989. The highest BCUT2D eigenvalue weighted by Crippen LogP contribution is 2.24. The van der Waals surface area contributed by atoms with Crippen molar-refractivity contribution in [1.29, 1.82) is 0 Å². The number of amides is 2. The second-order valence-electron chi connectivity index (χ2n) is 5.12. The molecule has 3 N–H and O–H groups in total. The van der Waals surface area contributed by atoms with Crippen LogP contribution >= 0.6 is 0 Å². The highest BCUT2D eigenvalue weighted by atomic mass is 16.4. The first-order valence-electron chi connectivity index (χ1n) is 6.87. The Morgan fingerprint density at radius 2 is 2.24 bits per heavy atom. The highest BCUT2D eigenvalue weighted by molar-refractivity contribution is 5.73. The molecule has 1 aromatic heterocycles. The summed E-state index contributed by atoms with van der Waals surface area (Å²) in [5.41, 5.74) is 0.515. The number of urea groups is 1. The van der Waals surface area contributed by atoms with E-state index in [0.717, 1.165) is 6.54 Å². The summed E-state index contributed by atoms with van der Waals surface area (Å²) in [7, 11) is 2.05. The molecule has 1 aliphatic rings. The number of aliphatic carboxylic acids is 1. The molecule has 1 heterocycles. The summed E-state index contributed by atoms with van der Waals surface area (Å²) < 4.78 is 1.21. The van der Waals surface area contributed by atoms with E-state index in [-0.39, 0.29) is 19.1 Å². The molecular weight excluding hydrogens is 276 g/mol. The molecule has 1 aliphatic carbocycles. The van der Waals surface area contributed by atoms with Gasteiger partial charge in [0.1, 0.15) is 12.2 Å². The zero-order valence-corrected chi connectivity index (χ0v) is 11.9. The third kappa shape index (κ3) is 5.38. The predicted octanol–water partition coefficient (Wildman–Crippen LogP) is -0.744. The number of hydrogen-bond donors (Lipinski definition) is 3. The normalized spacial score (nSPS) is 14.2. The number of nitrogens with one attached hydrogen (secondary N) is 2. The van der Waals surface area contributed by atoms with Crippen LogP contribution in [-0.2, 0) is 17.9 Å². The third-order valence-electron chi connectivity index (χ3n) is 3.23. The fourth-order valence-corrected chi connectivity index (χ4v) is 1.91. The molecule has 1 aromatic rings. The lowest BCUT2D eigenvalue weighted by Gasteiger charge is -2.15. The van der Waals surface area contributed by atoms with Gasteiger partial charge in [0.15, 0.2) is 0 Å². The lowest BCUT2D eigenvalue weighted by Crippen LogP contribution is -2.39. The van der Waals surface area contributed by atoms with Crippen molar-refractivity contribution in [2.75, 3.05) is 20.1 Å². The first kappa shape index (κ1) is 15.2. The molecule has 0 spiro atoms. The molecule has 1 saturated carbocycles. The molecule has 0 saturated heterocycles. The van der Waals surface area contributed by atoms with Gasteiger partial charge in [0.05, 0.1) is 12.7 Å². The first-order chi connectivity index (χ1) is 10.0. The van der Waals surface area contributed by atoms with Crippen molar-refractivity contribution >= 4 is 12.0 Å². The summed E-state index contributed by atoms with van der Waals surface area (Å²) in [6.07, 6.45) is 3.98. The second-order valence-corrected chi connectivity index (χ2v) is 5.12. The second kappa shape index (κ2) is 7.02. The zero-order valence-electron chi connectivity index (χ0n) is 11.9. The van der Waals surface area contributed by atoms with Crippen molar-refractivity contribution in [3.63, 3.8) is 0 Å². The van der Waals surface area contributed by atoms with Crippen molar-refractivity contribution in [1.82, 2.24) is 30.5 Å². The van der Waals surface area contributed by atoms with Crippen LogP contribution in [0.2, 0.25) is 0 Å². The van der Waals surface area contributed by atoms with Crippen LogP contribution in [0.1, 0.15) is 18.5 Å². The largest absolute Gasteiger partial charge is 0.480 e. The van der Waals surface area contributed by atoms with E-state index >= 15 is 0 Å². The summed E-state index contributed by atoms with van der Waals surface area (Å²) in [5, 5.41) is 21.5. The van der Waals surface area contributed by atoms with E-state index in [4.69, 9.17) is 5.11 Å². The van der Waals surface area contributed by atoms with Gasteiger partial charge in [-0.15, -0.1) is 5.10 Å². The summed E-state index contributed by atoms with van der Waals surface area (Å²) in [4.78, 5) is 24.3. The van der Waals surface area contributed by atoms with E-state index in [0.29, 0.717) is 18.3 Å². The minimum atomic E-state index is -0.989. The number of carbonyl (C=O) groups excluding carboxylic acids is 1. The number of carboxylic acids is 1. The van der Waals surface area contributed by atoms with Crippen molar-refractivity contribution in [3.05, 3.63) is 11.9 Å². The average Bonchev–Trinajstić information content (AvgIpc) is 3.18. The SMILES string of the molecule is CN(CCNC(=O)NCc1cn(CC(=O)O)nn1)C1CC1. The predicted molar refractivity (Wildman–Crippen MR) is 73.5 cm³/mol. The molecule has 0 bridgehead atoms. The Kier molecular flexibility index (Phi) is 5.09. The quantitative estimate of drug-likeness (QED) is 0.582. The number of rotatable bonds is 8. The number of carbonyl (C=O) groups is 2. The van der Waals surface area contributed by atoms with Gasteiger partial charge in [-0.05, 0) is 19.9 Å². The van der Waals surface area contributed by atoms with Crippen LogP contribution < -0.4 is 10.6 Å². The topological polar surface area (TPSA) is 112 Å². The van der Waals surface area contributed by atoms with Gasteiger partial charge < -0.3 is 20.6 Å². The Labute approximate surface area is 122 Å². The van der Waals surface area contributed by atoms with E-state index in [9.17, 15) is 9.59 Å². The van der Waals surface area contributed by atoms with Gasteiger partial charge in [-0.1, -0.05) is 5.21 Å². The molecule has 21 heavy (non-hydrogen) atoms. The third-order valence-corrected chi connectivity index (χ3v) is 3.23. The molecule has 0 aliphatic heterocycles. The van der Waals surface area contributed by atoms with Crippen molar-refractivity contribution in [2.45, 2.75) is 32.0 Å². The molecule has 0 atom stereocenters. The Bertz CT molecular complexity index is 499. The van der Waals surface area contributed by atoms with Crippen LogP contribution in [0.5, 0.6) is 0 Å². The Balaban J connectivity index is 1.61. The van der Waals surface area contributed by atoms with Gasteiger partial charge in [0.25, 0.3) is 0 Å². The molecule has 2 amide bonds. The van der Waals surface area contributed by atoms with Gasteiger partial charge in [0.2, 0.25) is 0 Å². The minimum absolute atomic E-state index is 0.212. The van der Waals surface area contributed by atoms with Crippen LogP contribution in [-0.4, -0.2) is 63.2 Å². The lowest BCUT2D eigenvalue weighted by molar-refractivity contribution is -0.137. The van der Waals surface area contributed by atoms with E-state index < -0.39 is 5.97 Å².